The minimum atomic E-state index is -3.78. The van der Waals surface area contributed by atoms with Crippen molar-refractivity contribution in [3.63, 3.8) is 0 Å². The van der Waals surface area contributed by atoms with Gasteiger partial charge in [-0.3, -0.25) is 9.71 Å². The summed E-state index contributed by atoms with van der Waals surface area (Å²) >= 11 is 1.18. The van der Waals surface area contributed by atoms with E-state index in [0.29, 0.717) is 0 Å². The van der Waals surface area contributed by atoms with E-state index in [1.54, 1.807) is 19.9 Å². The van der Waals surface area contributed by atoms with Crippen molar-refractivity contribution in [1.29, 1.82) is 0 Å². The highest BCUT2D eigenvalue weighted by Gasteiger charge is 2.21. The Morgan fingerprint density at radius 3 is 2.86 bits per heavy atom. The SMILES string of the molecule is CCOC(=O)c1cc(C)sc1NS(=O)(=O)c1cccnc1. The van der Waals surface area contributed by atoms with Crippen molar-refractivity contribution in [1.82, 2.24) is 4.98 Å². The largest absolute Gasteiger partial charge is 0.462 e. The predicted octanol–water partition coefficient (Wildman–Crippen LogP) is 2.43. The molecule has 2 heterocycles. The van der Waals surface area contributed by atoms with Gasteiger partial charge in [0.05, 0.1) is 12.2 Å². The van der Waals surface area contributed by atoms with Crippen LogP contribution in [0.5, 0.6) is 0 Å². The van der Waals surface area contributed by atoms with E-state index in [4.69, 9.17) is 4.74 Å². The second-order valence-corrected chi connectivity index (χ2v) is 7.05. The molecule has 0 aliphatic heterocycles. The van der Waals surface area contributed by atoms with Crippen molar-refractivity contribution in [2.75, 3.05) is 11.3 Å². The Balaban J connectivity index is 2.34. The van der Waals surface area contributed by atoms with Gasteiger partial charge in [0.25, 0.3) is 10.0 Å². The predicted molar refractivity (Wildman–Crippen MR) is 80.1 cm³/mol. The molecular formula is C13H14N2O4S2. The summed E-state index contributed by atoms with van der Waals surface area (Å²) in [6.45, 7) is 3.70. The number of anilines is 1. The van der Waals surface area contributed by atoms with Crippen molar-refractivity contribution in [3.8, 4) is 0 Å². The van der Waals surface area contributed by atoms with Crippen molar-refractivity contribution >= 4 is 32.3 Å². The first-order chi connectivity index (χ1) is 9.94. The van der Waals surface area contributed by atoms with Gasteiger partial charge in [0.2, 0.25) is 0 Å². The Bertz CT molecular complexity index is 739. The highest BCUT2D eigenvalue weighted by atomic mass is 32.2. The van der Waals surface area contributed by atoms with Gasteiger partial charge in [-0.15, -0.1) is 11.3 Å². The maximum atomic E-state index is 12.2. The molecule has 0 aliphatic carbocycles. The van der Waals surface area contributed by atoms with E-state index in [9.17, 15) is 13.2 Å². The van der Waals surface area contributed by atoms with Gasteiger partial charge in [0.1, 0.15) is 9.90 Å². The molecule has 8 heteroatoms. The Labute approximate surface area is 126 Å². The van der Waals surface area contributed by atoms with Gasteiger partial charge in [-0.05, 0) is 32.0 Å². The normalized spacial score (nSPS) is 11.1. The molecule has 0 unspecified atom stereocenters. The number of hydrogen-bond acceptors (Lipinski definition) is 6. The second-order valence-electron chi connectivity index (χ2n) is 4.11. The molecule has 0 fully saturated rings. The third kappa shape index (κ3) is 3.59. The quantitative estimate of drug-likeness (QED) is 0.853. The number of carbonyl (C=O) groups excluding carboxylic acids is 1. The van der Waals surface area contributed by atoms with Crippen LogP contribution >= 0.6 is 11.3 Å². The molecule has 0 saturated carbocycles. The van der Waals surface area contributed by atoms with Crippen LogP contribution in [-0.4, -0.2) is 26.0 Å². The fourth-order valence-electron chi connectivity index (χ4n) is 1.64. The van der Waals surface area contributed by atoms with E-state index < -0.39 is 16.0 Å². The number of hydrogen-bond donors (Lipinski definition) is 1. The summed E-state index contributed by atoms with van der Waals surface area (Å²) in [5, 5.41) is 0.245. The third-order valence-corrected chi connectivity index (χ3v) is 4.95. The number of thiophene rings is 1. The number of rotatable bonds is 5. The number of esters is 1. The average molecular weight is 326 g/mol. The molecule has 0 radical (unpaired) electrons. The molecule has 112 valence electrons. The second kappa shape index (κ2) is 6.23. The van der Waals surface area contributed by atoms with Crippen LogP contribution < -0.4 is 4.72 Å². The minimum Gasteiger partial charge on any atom is -0.462 e. The maximum absolute atomic E-state index is 12.2. The zero-order valence-electron chi connectivity index (χ0n) is 11.5. The van der Waals surface area contributed by atoms with E-state index in [1.165, 1.54) is 35.9 Å². The van der Waals surface area contributed by atoms with Crippen molar-refractivity contribution in [3.05, 3.63) is 41.0 Å². The number of pyridine rings is 1. The van der Waals surface area contributed by atoms with Crippen LogP contribution in [0.2, 0.25) is 0 Å². The van der Waals surface area contributed by atoms with E-state index in [-0.39, 0.29) is 22.1 Å². The summed E-state index contributed by atoms with van der Waals surface area (Å²) in [4.78, 5) is 16.5. The van der Waals surface area contributed by atoms with Gasteiger partial charge in [-0.1, -0.05) is 0 Å². The molecule has 2 rings (SSSR count). The maximum Gasteiger partial charge on any atom is 0.341 e. The lowest BCUT2D eigenvalue weighted by atomic mass is 10.3. The van der Waals surface area contributed by atoms with Crippen LogP contribution in [0.4, 0.5) is 5.00 Å². The number of nitrogens with one attached hydrogen (secondary N) is 1. The molecular weight excluding hydrogens is 312 g/mol. The fraction of sp³-hybridized carbons (Fsp3) is 0.231. The molecule has 0 aliphatic rings. The lowest BCUT2D eigenvalue weighted by Crippen LogP contribution is -2.15. The Hall–Kier alpha value is -1.93. The number of aryl methyl sites for hydroxylation is 1. The summed E-state index contributed by atoms with van der Waals surface area (Å²) in [6, 6.07) is 4.56. The molecule has 0 amide bonds. The molecule has 0 atom stereocenters. The molecule has 0 bridgehead atoms. The van der Waals surface area contributed by atoms with E-state index in [0.717, 1.165) is 4.88 Å². The van der Waals surface area contributed by atoms with E-state index in [1.807, 2.05) is 0 Å². The van der Waals surface area contributed by atoms with Crippen molar-refractivity contribution in [2.45, 2.75) is 18.7 Å². The minimum absolute atomic E-state index is 0.0332. The van der Waals surface area contributed by atoms with Gasteiger partial charge >= 0.3 is 5.97 Å². The van der Waals surface area contributed by atoms with Gasteiger partial charge < -0.3 is 4.74 Å². The lowest BCUT2D eigenvalue weighted by Gasteiger charge is -2.07. The van der Waals surface area contributed by atoms with E-state index in [2.05, 4.69) is 9.71 Å². The number of ether oxygens (including phenoxy) is 1. The van der Waals surface area contributed by atoms with Crippen molar-refractivity contribution < 1.29 is 17.9 Å². The number of aromatic nitrogens is 1. The number of sulfonamides is 1. The summed E-state index contributed by atoms with van der Waals surface area (Å²) < 4.78 is 31.8. The summed E-state index contributed by atoms with van der Waals surface area (Å²) in [7, 11) is -3.78. The summed E-state index contributed by atoms with van der Waals surface area (Å²) in [5.41, 5.74) is 0.215. The first kappa shape index (κ1) is 15.5. The highest BCUT2D eigenvalue weighted by molar-refractivity contribution is 7.93. The zero-order chi connectivity index (χ0) is 15.5. The molecule has 0 aromatic carbocycles. The molecule has 21 heavy (non-hydrogen) atoms. The van der Waals surface area contributed by atoms with Gasteiger partial charge in [0, 0.05) is 17.3 Å². The van der Waals surface area contributed by atoms with Crippen LogP contribution in [-0.2, 0) is 14.8 Å². The molecule has 0 spiro atoms. The van der Waals surface area contributed by atoms with Gasteiger partial charge in [0.15, 0.2) is 0 Å². The Morgan fingerprint density at radius 1 is 1.48 bits per heavy atom. The first-order valence-electron chi connectivity index (χ1n) is 6.14. The fourth-order valence-corrected chi connectivity index (χ4v) is 3.81. The standard InChI is InChI=1S/C13H14N2O4S2/c1-3-19-13(16)11-7-9(2)20-12(11)15-21(17,18)10-5-4-6-14-8-10/h4-8,15H,3H2,1-2H3. The molecule has 2 aromatic rings. The topological polar surface area (TPSA) is 85.4 Å². The van der Waals surface area contributed by atoms with Crippen LogP contribution in [0.15, 0.2) is 35.5 Å². The molecule has 6 nitrogen and oxygen atoms in total. The number of carbonyl (C=O) groups is 1. The van der Waals surface area contributed by atoms with Crippen LogP contribution in [0.25, 0.3) is 0 Å². The highest BCUT2D eigenvalue weighted by Crippen LogP contribution is 2.30. The zero-order valence-corrected chi connectivity index (χ0v) is 13.1. The first-order valence-corrected chi connectivity index (χ1v) is 8.44. The van der Waals surface area contributed by atoms with Gasteiger partial charge in [-0.2, -0.15) is 0 Å². The molecule has 2 aromatic heterocycles. The summed E-state index contributed by atoms with van der Waals surface area (Å²) in [6.07, 6.45) is 2.73. The van der Waals surface area contributed by atoms with Crippen LogP contribution in [0, 0.1) is 6.92 Å². The summed E-state index contributed by atoms with van der Waals surface area (Å²) in [5.74, 6) is -0.550. The average Bonchev–Trinajstić information content (AvgIpc) is 2.80. The molecule has 1 N–H and O–H groups in total. The third-order valence-electron chi connectivity index (χ3n) is 2.52. The Morgan fingerprint density at radius 2 is 2.24 bits per heavy atom. The Kier molecular flexibility index (Phi) is 4.59. The van der Waals surface area contributed by atoms with Crippen LogP contribution in [0.1, 0.15) is 22.2 Å². The smallest absolute Gasteiger partial charge is 0.341 e. The number of nitrogens with zero attached hydrogens (tertiary/aromatic N) is 1. The monoisotopic (exact) mass is 326 g/mol. The van der Waals surface area contributed by atoms with E-state index >= 15 is 0 Å². The molecule has 0 saturated heterocycles. The van der Waals surface area contributed by atoms with Gasteiger partial charge in [-0.25, -0.2) is 13.2 Å². The van der Waals surface area contributed by atoms with Crippen molar-refractivity contribution in [2.24, 2.45) is 0 Å². The lowest BCUT2D eigenvalue weighted by molar-refractivity contribution is 0.0528. The van der Waals surface area contributed by atoms with Crippen LogP contribution in [0.3, 0.4) is 0 Å².